The quantitative estimate of drug-likeness (QED) is 0.834. The van der Waals surface area contributed by atoms with Crippen molar-refractivity contribution in [3.05, 3.63) is 30.3 Å². The minimum absolute atomic E-state index is 0.0267. The second-order valence-corrected chi connectivity index (χ2v) is 6.03. The van der Waals surface area contributed by atoms with Crippen LogP contribution >= 0.6 is 0 Å². The molecule has 0 saturated carbocycles. The Balaban J connectivity index is 2.75. The standard InChI is InChI=1S/C12H18N2O3S/c1-9(2)13-12(15)10(3)14-18(16,17)11-7-5-4-6-8-11/h4-10,14H,1-3H3,(H,13,15)/t10-/m1/s1. The van der Waals surface area contributed by atoms with Crippen LogP contribution in [-0.4, -0.2) is 26.4 Å². The van der Waals surface area contributed by atoms with Crippen LogP contribution in [0, 0.1) is 0 Å². The van der Waals surface area contributed by atoms with Gasteiger partial charge >= 0.3 is 0 Å². The highest BCUT2D eigenvalue weighted by Gasteiger charge is 2.21. The summed E-state index contributed by atoms with van der Waals surface area (Å²) in [6.45, 7) is 5.14. The third-order valence-corrected chi connectivity index (χ3v) is 3.77. The Kier molecular flexibility index (Phi) is 4.86. The molecule has 0 unspecified atom stereocenters. The van der Waals surface area contributed by atoms with Crippen LogP contribution in [-0.2, 0) is 14.8 Å². The van der Waals surface area contributed by atoms with E-state index >= 15 is 0 Å². The van der Waals surface area contributed by atoms with Crippen molar-refractivity contribution in [3.63, 3.8) is 0 Å². The fourth-order valence-electron chi connectivity index (χ4n) is 1.36. The highest BCUT2D eigenvalue weighted by atomic mass is 32.2. The first-order valence-electron chi connectivity index (χ1n) is 5.70. The van der Waals surface area contributed by atoms with E-state index in [1.807, 2.05) is 13.8 Å². The molecule has 1 aromatic rings. The van der Waals surface area contributed by atoms with E-state index in [1.165, 1.54) is 19.1 Å². The number of sulfonamides is 1. The Hall–Kier alpha value is -1.40. The smallest absolute Gasteiger partial charge is 0.241 e. The number of benzene rings is 1. The topological polar surface area (TPSA) is 75.3 Å². The van der Waals surface area contributed by atoms with Gasteiger partial charge in [0.2, 0.25) is 15.9 Å². The van der Waals surface area contributed by atoms with Crippen LogP contribution in [0.3, 0.4) is 0 Å². The largest absolute Gasteiger partial charge is 0.353 e. The summed E-state index contributed by atoms with van der Waals surface area (Å²) in [6, 6.07) is 7.12. The maximum atomic E-state index is 11.9. The van der Waals surface area contributed by atoms with Crippen LogP contribution in [0.15, 0.2) is 35.2 Å². The van der Waals surface area contributed by atoms with Gasteiger partial charge in [0.05, 0.1) is 10.9 Å². The monoisotopic (exact) mass is 270 g/mol. The van der Waals surface area contributed by atoms with Gasteiger partial charge in [0.15, 0.2) is 0 Å². The number of rotatable bonds is 5. The molecule has 2 N–H and O–H groups in total. The van der Waals surface area contributed by atoms with Crippen molar-refractivity contribution < 1.29 is 13.2 Å². The molecule has 0 fully saturated rings. The zero-order valence-electron chi connectivity index (χ0n) is 10.7. The summed E-state index contributed by atoms with van der Waals surface area (Å²) in [7, 11) is -3.65. The minimum atomic E-state index is -3.65. The van der Waals surface area contributed by atoms with E-state index in [0.29, 0.717) is 0 Å². The van der Waals surface area contributed by atoms with Crippen LogP contribution in [0.2, 0.25) is 0 Å². The van der Waals surface area contributed by atoms with Gasteiger partial charge in [-0.1, -0.05) is 18.2 Å². The zero-order valence-corrected chi connectivity index (χ0v) is 11.5. The third kappa shape index (κ3) is 4.12. The summed E-state index contributed by atoms with van der Waals surface area (Å²) < 4.78 is 26.2. The molecule has 0 aliphatic heterocycles. The molecule has 0 aromatic heterocycles. The van der Waals surface area contributed by atoms with Gasteiger partial charge in [0.1, 0.15) is 0 Å². The highest BCUT2D eigenvalue weighted by molar-refractivity contribution is 7.89. The van der Waals surface area contributed by atoms with E-state index in [9.17, 15) is 13.2 Å². The zero-order chi connectivity index (χ0) is 13.8. The number of hydrogen-bond acceptors (Lipinski definition) is 3. The van der Waals surface area contributed by atoms with Crippen molar-refractivity contribution in [2.24, 2.45) is 0 Å². The summed E-state index contributed by atoms with van der Waals surface area (Å²) in [5.74, 6) is -0.343. The van der Waals surface area contributed by atoms with Crippen molar-refractivity contribution >= 4 is 15.9 Å². The maximum Gasteiger partial charge on any atom is 0.241 e. The maximum absolute atomic E-state index is 11.9. The van der Waals surface area contributed by atoms with E-state index < -0.39 is 16.1 Å². The first-order valence-corrected chi connectivity index (χ1v) is 7.19. The molecule has 0 bridgehead atoms. The average molecular weight is 270 g/mol. The lowest BCUT2D eigenvalue weighted by Crippen LogP contribution is -2.46. The molecule has 5 nitrogen and oxygen atoms in total. The van der Waals surface area contributed by atoms with Crippen LogP contribution in [0.4, 0.5) is 0 Å². The molecule has 1 aromatic carbocycles. The predicted octanol–water partition coefficient (Wildman–Crippen LogP) is 0.878. The summed E-state index contributed by atoms with van der Waals surface area (Å²) in [4.78, 5) is 11.8. The molecule has 1 atom stereocenters. The number of carbonyl (C=O) groups excluding carboxylic acids is 1. The Labute approximate surface area is 108 Å². The predicted molar refractivity (Wildman–Crippen MR) is 69.5 cm³/mol. The van der Waals surface area contributed by atoms with Crippen LogP contribution < -0.4 is 10.0 Å². The first-order chi connectivity index (χ1) is 8.33. The molecule has 0 heterocycles. The molecule has 1 amide bonds. The molecule has 0 saturated heterocycles. The molecule has 0 radical (unpaired) electrons. The van der Waals surface area contributed by atoms with Gasteiger partial charge in [-0.05, 0) is 32.9 Å². The number of amides is 1. The van der Waals surface area contributed by atoms with Gasteiger partial charge in [-0.3, -0.25) is 4.79 Å². The van der Waals surface area contributed by atoms with Crippen molar-refractivity contribution in [2.75, 3.05) is 0 Å². The number of nitrogens with one attached hydrogen (secondary N) is 2. The highest BCUT2D eigenvalue weighted by Crippen LogP contribution is 2.07. The van der Waals surface area contributed by atoms with Gasteiger partial charge in [0, 0.05) is 6.04 Å². The van der Waals surface area contributed by atoms with E-state index in [0.717, 1.165) is 0 Å². The van der Waals surface area contributed by atoms with Gasteiger partial charge < -0.3 is 5.32 Å². The molecule has 18 heavy (non-hydrogen) atoms. The lowest BCUT2D eigenvalue weighted by Gasteiger charge is -2.16. The molecule has 100 valence electrons. The van der Waals surface area contributed by atoms with Crippen LogP contribution in [0.5, 0.6) is 0 Å². The molecule has 0 aliphatic carbocycles. The number of hydrogen-bond donors (Lipinski definition) is 2. The first kappa shape index (κ1) is 14.7. The fourth-order valence-corrected chi connectivity index (χ4v) is 2.59. The lowest BCUT2D eigenvalue weighted by molar-refractivity contribution is -0.122. The minimum Gasteiger partial charge on any atom is -0.353 e. The summed E-state index contributed by atoms with van der Waals surface area (Å²) in [5.41, 5.74) is 0. The van der Waals surface area contributed by atoms with Gasteiger partial charge in [-0.25, -0.2) is 8.42 Å². The van der Waals surface area contributed by atoms with Crippen LogP contribution in [0.1, 0.15) is 20.8 Å². The van der Waals surface area contributed by atoms with Crippen molar-refractivity contribution in [2.45, 2.75) is 37.8 Å². The van der Waals surface area contributed by atoms with Crippen molar-refractivity contribution in [3.8, 4) is 0 Å². The van der Waals surface area contributed by atoms with E-state index in [1.54, 1.807) is 18.2 Å². The Morgan fingerprint density at radius 1 is 1.11 bits per heavy atom. The summed E-state index contributed by atoms with van der Waals surface area (Å²) in [5, 5.41) is 2.65. The second-order valence-electron chi connectivity index (χ2n) is 4.32. The van der Waals surface area contributed by atoms with Gasteiger partial charge in [-0.15, -0.1) is 0 Å². The van der Waals surface area contributed by atoms with Crippen molar-refractivity contribution in [1.29, 1.82) is 0 Å². The lowest BCUT2D eigenvalue weighted by atomic mass is 10.3. The Morgan fingerprint density at radius 3 is 2.17 bits per heavy atom. The average Bonchev–Trinajstić information content (AvgIpc) is 2.28. The number of carbonyl (C=O) groups is 1. The van der Waals surface area contributed by atoms with Crippen molar-refractivity contribution in [1.82, 2.24) is 10.0 Å². The molecule has 0 aliphatic rings. The van der Waals surface area contributed by atoms with E-state index in [2.05, 4.69) is 10.0 Å². The van der Waals surface area contributed by atoms with Gasteiger partial charge in [-0.2, -0.15) is 4.72 Å². The molecule has 6 heteroatoms. The molecule has 0 spiro atoms. The molecule has 1 rings (SSSR count). The second kappa shape index (κ2) is 5.97. The summed E-state index contributed by atoms with van der Waals surface area (Å²) >= 11 is 0. The molecular weight excluding hydrogens is 252 g/mol. The van der Waals surface area contributed by atoms with Gasteiger partial charge in [0.25, 0.3) is 0 Å². The third-order valence-electron chi connectivity index (χ3n) is 2.21. The Morgan fingerprint density at radius 2 is 1.67 bits per heavy atom. The van der Waals surface area contributed by atoms with Crippen LogP contribution in [0.25, 0.3) is 0 Å². The SMILES string of the molecule is CC(C)NC(=O)[C@@H](C)NS(=O)(=O)c1ccccc1. The normalized spacial score (nSPS) is 13.3. The Bertz CT molecular complexity index is 497. The summed E-state index contributed by atoms with van der Waals surface area (Å²) in [6.07, 6.45) is 0. The fraction of sp³-hybridized carbons (Fsp3) is 0.417. The van der Waals surface area contributed by atoms with E-state index in [-0.39, 0.29) is 16.8 Å². The molecular formula is C12H18N2O3S. The van der Waals surface area contributed by atoms with E-state index in [4.69, 9.17) is 0 Å².